The molecule has 0 radical (unpaired) electrons. The summed E-state index contributed by atoms with van der Waals surface area (Å²) in [5, 5.41) is 11.1. The second-order valence-corrected chi connectivity index (χ2v) is 10.1. The molecule has 6 nitrogen and oxygen atoms in total. The number of rotatable bonds is 5. The summed E-state index contributed by atoms with van der Waals surface area (Å²) in [6.45, 7) is 0.305. The van der Waals surface area contributed by atoms with Crippen molar-refractivity contribution in [3.05, 3.63) is 47.5 Å². The predicted octanol–water partition coefficient (Wildman–Crippen LogP) is 3.16. The van der Waals surface area contributed by atoms with E-state index in [9.17, 15) is 36.0 Å². The lowest BCUT2D eigenvalue weighted by Crippen LogP contribution is -2.52. The van der Waals surface area contributed by atoms with E-state index in [0.717, 1.165) is 12.3 Å². The maximum Gasteiger partial charge on any atom is 0.426 e. The third-order valence-electron chi connectivity index (χ3n) is 3.86. The number of aliphatic hydroxyl groups is 1. The first-order valence-electron chi connectivity index (χ1n) is 7.76. The Balaban J connectivity index is 2.24. The number of alkyl halides is 3. The van der Waals surface area contributed by atoms with Gasteiger partial charge < -0.3 is 15.0 Å². The highest BCUT2D eigenvalue weighted by atomic mass is 35.5. The largest absolute Gasteiger partial charge is 0.606 e. The van der Waals surface area contributed by atoms with Gasteiger partial charge in [0.2, 0.25) is 5.60 Å². The van der Waals surface area contributed by atoms with Gasteiger partial charge in [-0.05, 0) is 43.3 Å². The molecule has 29 heavy (non-hydrogen) atoms. The molecule has 12 heteroatoms. The van der Waals surface area contributed by atoms with E-state index in [1.807, 2.05) is 5.32 Å². The number of carbonyl (C=O) groups is 1. The van der Waals surface area contributed by atoms with Crippen molar-refractivity contribution in [1.82, 2.24) is 0 Å². The highest BCUT2D eigenvalue weighted by molar-refractivity contribution is 7.91. The van der Waals surface area contributed by atoms with E-state index >= 15 is 0 Å². The van der Waals surface area contributed by atoms with Gasteiger partial charge >= 0.3 is 6.18 Å². The van der Waals surface area contributed by atoms with Crippen LogP contribution in [0.3, 0.4) is 0 Å². The van der Waals surface area contributed by atoms with Gasteiger partial charge in [0, 0.05) is 23.5 Å². The molecule has 0 bridgehead atoms. The Morgan fingerprint density at radius 2 is 1.66 bits per heavy atom. The first-order chi connectivity index (χ1) is 13.1. The zero-order valence-corrected chi connectivity index (χ0v) is 17.3. The van der Waals surface area contributed by atoms with Crippen LogP contribution in [0.4, 0.5) is 18.9 Å². The van der Waals surface area contributed by atoms with Gasteiger partial charge in [0.1, 0.15) is 0 Å². The van der Waals surface area contributed by atoms with E-state index in [1.54, 1.807) is 0 Å². The van der Waals surface area contributed by atoms with Crippen LogP contribution in [-0.2, 0) is 25.8 Å². The SMILES string of the molecule is CC(O)(C(=O)Nc1ccc([S+]([O-])c2ccc(S(C)(=O)=O)cc2)cc1Cl)C(F)(F)F. The fourth-order valence-corrected chi connectivity index (χ4v) is 4.03. The van der Waals surface area contributed by atoms with Gasteiger partial charge in [0.05, 0.1) is 15.6 Å². The first-order valence-corrected chi connectivity index (χ1v) is 11.2. The predicted molar refractivity (Wildman–Crippen MR) is 101 cm³/mol. The van der Waals surface area contributed by atoms with Crippen molar-refractivity contribution in [2.24, 2.45) is 0 Å². The fraction of sp³-hybridized carbons (Fsp3) is 0.235. The molecular formula is C17H15ClF3NO5S2. The van der Waals surface area contributed by atoms with Crippen LogP contribution >= 0.6 is 11.6 Å². The van der Waals surface area contributed by atoms with Gasteiger partial charge in [-0.25, -0.2) is 8.42 Å². The second-order valence-electron chi connectivity index (χ2n) is 6.18. The molecule has 2 atom stereocenters. The van der Waals surface area contributed by atoms with Crippen molar-refractivity contribution in [3.63, 3.8) is 0 Å². The molecule has 0 saturated carbocycles. The Kier molecular flexibility index (Phi) is 6.60. The summed E-state index contributed by atoms with van der Waals surface area (Å²) in [4.78, 5) is 12.2. The maximum absolute atomic E-state index is 12.7. The Hall–Kier alpha value is -1.79. The summed E-state index contributed by atoms with van der Waals surface area (Å²) in [6, 6.07) is 8.89. The van der Waals surface area contributed by atoms with Crippen LogP contribution in [0.15, 0.2) is 57.2 Å². The zero-order valence-electron chi connectivity index (χ0n) is 15.0. The summed E-state index contributed by atoms with van der Waals surface area (Å²) in [7, 11) is -3.42. The van der Waals surface area contributed by atoms with E-state index in [0.29, 0.717) is 6.92 Å². The van der Waals surface area contributed by atoms with Crippen LogP contribution < -0.4 is 5.32 Å². The van der Waals surface area contributed by atoms with Crippen LogP contribution in [0.2, 0.25) is 5.02 Å². The normalized spacial score (nSPS) is 15.4. The van der Waals surface area contributed by atoms with Crippen molar-refractivity contribution >= 4 is 44.2 Å². The standard InChI is InChI=1S/C17H15ClF3NO5S2/c1-16(24,17(19,20)21)15(23)22-14-8-5-11(9-13(14)18)28(25)10-3-6-12(7-4-10)29(2,26)27/h3-9,24H,1-2H3,(H,22,23). The summed E-state index contributed by atoms with van der Waals surface area (Å²) in [5.41, 5.74) is -3.84. The molecule has 1 amide bonds. The van der Waals surface area contributed by atoms with Crippen LogP contribution in [0.5, 0.6) is 0 Å². The smallest absolute Gasteiger partial charge is 0.426 e. The molecule has 0 aliphatic rings. The quantitative estimate of drug-likeness (QED) is 0.654. The number of carbonyl (C=O) groups excluding carboxylic acids is 1. The number of hydrogen-bond acceptors (Lipinski definition) is 5. The minimum Gasteiger partial charge on any atom is -0.606 e. The lowest BCUT2D eigenvalue weighted by Gasteiger charge is -2.25. The molecule has 0 spiro atoms. The summed E-state index contributed by atoms with van der Waals surface area (Å²) < 4.78 is 73.7. The number of sulfone groups is 1. The number of amides is 1. The van der Waals surface area contributed by atoms with E-state index in [2.05, 4.69) is 0 Å². The van der Waals surface area contributed by atoms with Crippen LogP contribution in [0, 0.1) is 0 Å². The van der Waals surface area contributed by atoms with Gasteiger partial charge in [-0.15, -0.1) is 0 Å². The Bertz CT molecular complexity index is 1020. The van der Waals surface area contributed by atoms with Crippen molar-refractivity contribution in [3.8, 4) is 0 Å². The highest BCUT2D eigenvalue weighted by Crippen LogP contribution is 2.33. The molecule has 0 aromatic heterocycles. The van der Waals surface area contributed by atoms with Crippen LogP contribution in [-0.4, -0.2) is 42.0 Å². The molecular weight excluding hydrogens is 455 g/mol. The third kappa shape index (κ3) is 5.23. The maximum atomic E-state index is 12.7. The molecule has 2 aromatic rings. The second kappa shape index (κ2) is 8.15. The summed E-state index contributed by atoms with van der Waals surface area (Å²) in [6.07, 6.45) is -4.16. The van der Waals surface area contributed by atoms with E-state index in [-0.39, 0.29) is 25.4 Å². The molecule has 2 N–H and O–H groups in total. The molecule has 0 heterocycles. The Labute approximate surface area is 172 Å². The van der Waals surface area contributed by atoms with Crippen LogP contribution in [0.1, 0.15) is 6.92 Å². The van der Waals surface area contributed by atoms with Crippen molar-refractivity contribution < 1.29 is 36.0 Å². The van der Waals surface area contributed by atoms with Gasteiger partial charge in [-0.3, -0.25) is 4.79 Å². The summed E-state index contributed by atoms with van der Waals surface area (Å²) >= 11 is 4.20. The average molecular weight is 470 g/mol. The van der Waals surface area contributed by atoms with E-state index < -0.39 is 38.7 Å². The molecule has 0 saturated heterocycles. The van der Waals surface area contributed by atoms with Crippen molar-refractivity contribution in [1.29, 1.82) is 0 Å². The molecule has 0 aliphatic heterocycles. The monoisotopic (exact) mass is 469 g/mol. The number of nitrogens with one attached hydrogen (secondary N) is 1. The molecule has 2 unspecified atom stereocenters. The van der Waals surface area contributed by atoms with E-state index in [1.165, 1.54) is 36.4 Å². The van der Waals surface area contributed by atoms with Gasteiger partial charge in [0.25, 0.3) is 5.91 Å². The lowest BCUT2D eigenvalue weighted by molar-refractivity contribution is -0.242. The minimum absolute atomic E-state index is 0.0473. The van der Waals surface area contributed by atoms with Gasteiger partial charge in [-0.2, -0.15) is 13.2 Å². The molecule has 0 aliphatic carbocycles. The van der Waals surface area contributed by atoms with Crippen molar-refractivity contribution in [2.45, 2.75) is 33.4 Å². The number of benzene rings is 2. The average Bonchev–Trinajstić information content (AvgIpc) is 2.61. The van der Waals surface area contributed by atoms with Crippen LogP contribution in [0.25, 0.3) is 0 Å². The number of hydrogen-bond donors (Lipinski definition) is 2. The van der Waals surface area contributed by atoms with Gasteiger partial charge in [0.15, 0.2) is 19.6 Å². The van der Waals surface area contributed by atoms with Crippen molar-refractivity contribution in [2.75, 3.05) is 11.6 Å². The molecule has 2 aromatic carbocycles. The van der Waals surface area contributed by atoms with Gasteiger partial charge in [-0.1, -0.05) is 11.6 Å². The van der Waals surface area contributed by atoms with E-state index in [4.69, 9.17) is 11.6 Å². The highest BCUT2D eigenvalue weighted by Gasteiger charge is 2.55. The molecule has 0 fully saturated rings. The minimum atomic E-state index is -5.19. The number of halogens is 4. The third-order valence-corrected chi connectivity index (χ3v) is 6.69. The lowest BCUT2D eigenvalue weighted by atomic mass is 10.1. The molecule has 2 rings (SSSR count). The topological polar surface area (TPSA) is 107 Å². The zero-order chi connectivity index (χ0) is 22.2. The fourth-order valence-electron chi connectivity index (χ4n) is 2.03. The summed E-state index contributed by atoms with van der Waals surface area (Å²) in [5.74, 6) is -1.72. The number of anilines is 1. The first kappa shape index (κ1) is 23.5. The molecule has 158 valence electrons. The Morgan fingerprint density at radius 1 is 1.14 bits per heavy atom. The Morgan fingerprint density at radius 3 is 2.10 bits per heavy atom.